The molecule has 110 valence electrons. The van der Waals surface area contributed by atoms with Crippen molar-refractivity contribution in [1.29, 1.82) is 0 Å². The second kappa shape index (κ2) is 6.21. The third kappa shape index (κ3) is 3.47. The van der Waals surface area contributed by atoms with Crippen LogP contribution in [0, 0.1) is 15.9 Å². The summed E-state index contributed by atoms with van der Waals surface area (Å²) in [6.45, 7) is 0.425. The van der Waals surface area contributed by atoms with E-state index in [1.165, 1.54) is 12.1 Å². The summed E-state index contributed by atoms with van der Waals surface area (Å²) in [7, 11) is 3.27. The van der Waals surface area contributed by atoms with Crippen LogP contribution in [0.3, 0.4) is 0 Å². The van der Waals surface area contributed by atoms with Gasteiger partial charge in [0.25, 0.3) is 5.69 Å². The Labute approximate surface area is 121 Å². The molecular weight excluding hydrogens is 275 g/mol. The maximum absolute atomic E-state index is 13.3. The number of halogens is 1. The standard InChI is InChI=1S/C15H15FN2O3/c1-17(10-11-3-6-13(21-2)7-4-11)15-9-12(16)5-8-14(15)18(19)20/h3-9H,10H2,1-2H3. The SMILES string of the molecule is COc1ccc(CN(C)c2cc(F)ccc2[N+](=O)[O-])cc1. The van der Waals surface area contributed by atoms with Gasteiger partial charge in [0.15, 0.2) is 0 Å². The maximum Gasteiger partial charge on any atom is 0.292 e. The van der Waals surface area contributed by atoms with E-state index in [1.807, 2.05) is 24.3 Å². The summed E-state index contributed by atoms with van der Waals surface area (Å²) in [4.78, 5) is 12.1. The fraction of sp³-hybridized carbons (Fsp3) is 0.200. The normalized spacial score (nSPS) is 10.2. The van der Waals surface area contributed by atoms with Crippen LogP contribution in [0.15, 0.2) is 42.5 Å². The van der Waals surface area contributed by atoms with E-state index in [2.05, 4.69) is 0 Å². The van der Waals surface area contributed by atoms with Crippen LogP contribution >= 0.6 is 0 Å². The second-order valence-corrected chi connectivity index (χ2v) is 4.59. The van der Waals surface area contributed by atoms with Gasteiger partial charge in [-0.15, -0.1) is 0 Å². The van der Waals surface area contributed by atoms with Gasteiger partial charge in [-0.1, -0.05) is 12.1 Å². The highest BCUT2D eigenvalue weighted by atomic mass is 19.1. The Morgan fingerprint density at radius 2 is 1.90 bits per heavy atom. The first-order valence-electron chi connectivity index (χ1n) is 6.29. The van der Waals surface area contributed by atoms with E-state index in [1.54, 1.807) is 19.1 Å². The number of hydrogen-bond acceptors (Lipinski definition) is 4. The van der Waals surface area contributed by atoms with Crippen molar-refractivity contribution in [2.45, 2.75) is 6.54 Å². The second-order valence-electron chi connectivity index (χ2n) is 4.59. The number of methoxy groups -OCH3 is 1. The fourth-order valence-electron chi connectivity index (χ4n) is 2.05. The van der Waals surface area contributed by atoms with Crippen LogP contribution in [0.5, 0.6) is 5.75 Å². The Morgan fingerprint density at radius 3 is 2.48 bits per heavy atom. The summed E-state index contributed by atoms with van der Waals surface area (Å²) >= 11 is 0. The van der Waals surface area contributed by atoms with Crippen LogP contribution in [-0.4, -0.2) is 19.1 Å². The monoisotopic (exact) mass is 290 g/mol. The highest BCUT2D eigenvalue weighted by molar-refractivity contribution is 5.63. The van der Waals surface area contributed by atoms with Gasteiger partial charge in [-0.05, 0) is 23.8 Å². The highest BCUT2D eigenvalue weighted by Crippen LogP contribution is 2.29. The summed E-state index contributed by atoms with van der Waals surface area (Å²) in [6.07, 6.45) is 0. The lowest BCUT2D eigenvalue weighted by Gasteiger charge is -2.19. The van der Waals surface area contributed by atoms with E-state index in [9.17, 15) is 14.5 Å². The van der Waals surface area contributed by atoms with Crippen LogP contribution in [0.2, 0.25) is 0 Å². The Kier molecular flexibility index (Phi) is 4.37. The minimum atomic E-state index is -0.515. The first-order valence-corrected chi connectivity index (χ1v) is 6.29. The molecule has 2 rings (SSSR count). The molecule has 0 amide bonds. The quantitative estimate of drug-likeness (QED) is 0.625. The van der Waals surface area contributed by atoms with Crippen molar-refractivity contribution in [2.75, 3.05) is 19.1 Å². The lowest BCUT2D eigenvalue weighted by molar-refractivity contribution is -0.384. The largest absolute Gasteiger partial charge is 0.497 e. The molecule has 2 aromatic carbocycles. The van der Waals surface area contributed by atoms with Gasteiger partial charge in [-0.2, -0.15) is 0 Å². The molecule has 0 N–H and O–H groups in total. The molecule has 21 heavy (non-hydrogen) atoms. The minimum absolute atomic E-state index is 0.118. The van der Waals surface area contributed by atoms with Crippen molar-refractivity contribution in [3.63, 3.8) is 0 Å². The van der Waals surface area contributed by atoms with E-state index >= 15 is 0 Å². The predicted octanol–water partition coefficient (Wildman–Crippen LogP) is 3.38. The Hall–Kier alpha value is -2.63. The fourth-order valence-corrected chi connectivity index (χ4v) is 2.05. The number of nitro benzene ring substituents is 1. The summed E-state index contributed by atoms with van der Waals surface area (Å²) < 4.78 is 18.4. The minimum Gasteiger partial charge on any atom is -0.497 e. The van der Waals surface area contributed by atoms with Crippen molar-refractivity contribution in [3.05, 3.63) is 64.0 Å². The zero-order chi connectivity index (χ0) is 15.4. The van der Waals surface area contributed by atoms with Crippen molar-refractivity contribution in [2.24, 2.45) is 0 Å². The van der Waals surface area contributed by atoms with E-state index in [0.717, 1.165) is 17.4 Å². The molecule has 0 heterocycles. The van der Waals surface area contributed by atoms with Crippen molar-refractivity contribution < 1.29 is 14.1 Å². The van der Waals surface area contributed by atoms with Crippen molar-refractivity contribution >= 4 is 11.4 Å². The summed E-state index contributed by atoms with van der Waals surface area (Å²) in [5.74, 6) is 0.232. The topological polar surface area (TPSA) is 55.6 Å². The van der Waals surface area contributed by atoms with Crippen LogP contribution in [0.4, 0.5) is 15.8 Å². The molecule has 0 radical (unpaired) electrons. The van der Waals surface area contributed by atoms with Crippen LogP contribution in [-0.2, 0) is 6.54 Å². The molecule has 0 saturated heterocycles. The Bertz CT molecular complexity index is 644. The van der Waals surface area contributed by atoms with Crippen LogP contribution in [0.25, 0.3) is 0 Å². The van der Waals surface area contributed by atoms with Gasteiger partial charge in [0, 0.05) is 25.7 Å². The average molecular weight is 290 g/mol. The van der Waals surface area contributed by atoms with Gasteiger partial charge in [-0.25, -0.2) is 4.39 Å². The molecule has 0 aliphatic heterocycles. The van der Waals surface area contributed by atoms with Gasteiger partial charge in [-0.3, -0.25) is 10.1 Å². The molecule has 0 spiro atoms. The Morgan fingerprint density at radius 1 is 1.24 bits per heavy atom. The first kappa shape index (κ1) is 14.8. The molecule has 0 bridgehead atoms. The Balaban J connectivity index is 2.24. The molecule has 0 aromatic heterocycles. The smallest absolute Gasteiger partial charge is 0.292 e. The number of nitrogens with zero attached hydrogens (tertiary/aromatic N) is 2. The summed E-state index contributed by atoms with van der Waals surface area (Å²) in [5.41, 5.74) is 1.07. The van der Waals surface area contributed by atoms with Gasteiger partial charge >= 0.3 is 0 Å². The zero-order valence-corrected chi connectivity index (χ0v) is 11.7. The van der Waals surface area contributed by atoms with Crippen molar-refractivity contribution in [3.8, 4) is 5.75 Å². The zero-order valence-electron chi connectivity index (χ0n) is 11.7. The number of benzene rings is 2. The molecule has 0 aliphatic carbocycles. The molecule has 6 heteroatoms. The molecule has 0 unspecified atom stereocenters. The first-order chi connectivity index (χ1) is 10.0. The average Bonchev–Trinajstić information content (AvgIpc) is 2.47. The maximum atomic E-state index is 13.3. The molecular formula is C15H15FN2O3. The van der Waals surface area contributed by atoms with E-state index in [-0.39, 0.29) is 11.4 Å². The molecule has 0 aliphatic rings. The van der Waals surface area contributed by atoms with Crippen LogP contribution < -0.4 is 9.64 Å². The van der Waals surface area contributed by atoms with Gasteiger partial charge in [0.05, 0.1) is 12.0 Å². The highest BCUT2D eigenvalue weighted by Gasteiger charge is 2.18. The number of ether oxygens (including phenoxy) is 1. The number of hydrogen-bond donors (Lipinski definition) is 0. The molecule has 0 saturated carbocycles. The number of rotatable bonds is 5. The van der Waals surface area contributed by atoms with E-state index < -0.39 is 10.7 Å². The molecule has 0 fully saturated rings. The van der Waals surface area contributed by atoms with E-state index in [0.29, 0.717) is 6.54 Å². The third-order valence-electron chi connectivity index (χ3n) is 3.12. The molecule has 2 aromatic rings. The van der Waals surface area contributed by atoms with E-state index in [4.69, 9.17) is 4.74 Å². The predicted molar refractivity (Wildman–Crippen MR) is 78.2 cm³/mol. The van der Waals surface area contributed by atoms with Crippen molar-refractivity contribution in [1.82, 2.24) is 0 Å². The molecule has 0 atom stereocenters. The summed E-state index contributed by atoms with van der Waals surface area (Å²) in [6, 6.07) is 10.8. The van der Waals surface area contributed by atoms with Gasteiger partial charge in [0.2, 0.25) is 0 Å². The van der Waals surface area contributed by atoms with Gasteiger partial charge < -0.3 is 9.64 Å². The number of anilines is 1. The molecule has 5 nitrogen and oxygen atoms in total. The van der Waals surface area contributed by atoms with Crippen LogP contribution in [0.1, 0.15) is 5.56 Å². The third-order valence-corrected chi connectivity index (χ3v) is 3.12. The summed E-state index contributed by atoms with van der Waals surface area (Å²) in [5, 5.41) is 11.0. The number of nitro groups is 1. The lowest BCUT2D eigenvalue weighted by Crippen LogP contribution is -2.17. The lowest BCUT2D eigenvalue weighted by atomic mass is 10.2. The van der Waals surface area contributed by atoms with Gasteiger partial charge in [0.1, 0.15) is 17.3 Å².